The predicted molar refractivity (Wildman–Crippen MR) is 126 cm³/mol. The Morgan fingerprint density at radius 1 is 1.31 bits per heavy atom. The number of hydrogen-bond donors (Lipinski definition) is 2. The molecular formula is C23H23F3N7O2Si. The van der Waals surface area contributed by atoms with Crippen molar-refractivity contribution in [3.63, 3.8) is 0 Å². The van der Waals surface area contributed by atoms with Crippen molar-refractivity contribution in [1.29, 1.82) is 5.26 Å². The van der Waals surface area contributed by atoms with Crippen LogP contribution >= 0.6 is 0 Å². The topological polar surface area (TPSA) is 120 Å². The summed E-state index contributed by atoms with van der Waals surface area (Å²) in [6.07, 6.45) is -1.90. The van der Waals surface area contributed by atoms with Gasteiger partial charge in [-0.05, 0) is 45.7 Å². The largest absolute Gasteiger partial charge is 0.444 e. The van der Waals surface area contributed by atoms with E-state index >= 15 is 0 Å². The molecule has 1 aliphatic heterocycles. The molecule has 9 nitrogen and oxygen atoms in total. The predicted octanol–water partition coefficient (Wildman–Crippen LogP) is 4.22. The summed E-state index contributed by atoms with van der Waals surface area (Å²) in [5.74, 6) is -0.0463. The van der Waals surface area contributed by atoms with Crippen LogP contribution in [0, 0.1) is 11.3 Å². The lowest BCUT2D eigenvalue weighted by Crippen LogP contribution is -2.56. The Hall–Kier alpha value is -3.66. The molecule has 0 bridgehead atoms. The van der Waals surface area contributed by atoms with Crippen LogP contribution in [0.5, 0.6) is 0 Å². The fourth-order valence-electron chi connectivity index (χ4n) is 3.97. The Labute approximate surface area is 208 Å². The number of rotatable bonds is 3. The van der Waals surface area contributed by atoms with Gasteiger partial charge in [0.2, 0.25) is 5.95 Å². The highest BCUT2D eigenvalue weighted by molar-refractivity contribution is 6.17. The standard InChI is InChI=1S/C23H23F3N7O2Si/c1-21(2,3)35-20(34)33-8-4-7-22(36,12-33)32-19-29-11-16(23(24,25)26)17(31-19)15-10-28-18-14(15)6-5-13(9-27)30-18/h5-6,10-11H,4,7-8,12H2,1-3H3,(H,28,30)(H,29,31,32)/t22-/m0/s1. The van der Waals surface area contributed by atoms with Gasteiger partial charge in [-0.15, -0.1) is 0 Å². The van der Waals surface area contributed by atoms with Crippen LogP contribution in [0.15, 0.2) is 24.5 Å². The number of hydrogen-bond acceptors (Lipinski definition) is 7. The molecule has 4 rings (SSSR count). The third kappa shape index (κ3) is 5.43. The number of carbonyl (C=O) groups is 1. The van der Waals surface area contributed by atoms with Gasteiger partial charge in [0.05, 0.1) is 15.9 Å². The Bertz CT molecular complexity index is 1350. The number of ether oxygens (including phenoxy) is 1. The Morgan fingerprint density at radius 3 is 2.72 bits per heavy atom. The van der Waals surface area contributed by atoms with Gasteiger partial charge < -0.3 is 19.9 Å². The number of piperidine rings is 1. The van der Waals surface area contributed by atoms with Gasteiger partial charge in [-0.25, -0.2) is 19.7 Å². The Morgan fingerprint density at radius 2 is 2.06 bits per heavy atom. The number of anilines is 1. The molecule has 0 aliphatic carbocycles. The van der Waals surface area contributed by atoms with Crippen LogP contribution in [0.3, 0.4) is 0 Å². The number of likely N-dealkylation sites (tertiary alicyclic amines) is 1. The summed E-state index contributed by atoms with van der Waals surface area (Å²) in [6.45, 7) is 5.98. The maximum absolute atomic E-state index is 13.9. The highest BCUT2D eigenvalue weighted by atomic mass is 28.1. The zero-order valence-corrected chi connectivity index (χ0v) is 20.8. The molecule has 187 valence electrons. The molecule has 1 amide bonds. The fourth-order valence-corrected chi connectivity index (χ4v) is 4.45. The molecule has 0 saturated carbocycles. The average Bonchev–Trinajstić information content (AvgIpc) is 3.20. The Balaban J connectivity index is 1.67. The lowest BCUT2D eigenvalue weighted by molar-refractivity contribution is -0.137. The summed E-state index contributed by atoms with van der Waals surface area (Å²) in [6, 6.07) is 4.84. The minimum absolute atomic E-state index is 0.0463. The molecule has 1 fully saturated rings. The van der Waals surface area contributed by atoms with E-state index in [4.69, 9.17) is 10.00 Å². The lowest BCUT2D eigenvalue weighted by atomic mass is 10.0. The lowest BCUT2D eigenvalue weighted by Gasteiger charge is -2.41. The van der Waals surface area contributed by atoms with Crippen LogP contribution in [0.25, 0.3) is 22.3 Å². The molecule has 3 aromatic heterocycles. The number of fused-ring (bicyclic) bond motifs is 1. The molecule has 13 heteroatoms. The second kappa shape index (κ2) is 9.09. The van der Waals surface area contributed by atoms with Gasteiger partial charge in [-0.2, -0.15) is 18.4 Å². The van der Waals surface area contributed by atoms with Crippen molar-refractivity contribution in [2.24, 2.45) is 0 Å². The van der Waals surface area contributed by atoms with E-state index in [1.54, 1.807) is 20.8 Å². The molecule has 3 aromatic rings. The van der Waals surface area contributed by atoms with Crippen molar-refractivity contribution < 1.29 is 22.7 Å². The van der Waals surface area contributed by atoms with E-state index in [0.717, 1.165) is 6.20 Å². The molecular weight excluding hydrogens is 491 g/mol. The van der Waals surface area contributed by atoms with Gasteiger partial charge >= 0.3 is 12.3 Å². The van der Waals surface area contributed by atoms with Gasteiger partial charge in [-0.3, -0.25) is 0 Å². The molecule has 3 radical (unpaired) electrons. The van der Waals surface area contributed by atoms with Crippen LogP contribution in [0.1, 0.15) is 44.9 Å². The summed E-state index contributed by atoms with van der Waals surface area (Å²) in [7, 11) is 3.66. The molecule has 0 spiro atoms. The van der Waals surface area contributed by atoms with E-state index in [9.17, 15) is 18.0 Å². The smallest absolute Gasteiger partial charge is 0.419 e. The quantitative estimate of drug-likeness (QED) is 0.502. The normalized spacial score (nSPS) is 18.7. The van der Waals surface area contributed by atoms with Gasteiger partial charge in [0.15, 0.2) is 0 Å². The number of pyridine rings is 1. The Kier molecular flexibility index (Phi) is 6.42. The molecule has 0 aromatic carbocycles. The van der Waals surface area contributed by atoms with E-state index in [1.165, 1.54) is 23.2 Å². The second-order valence-corrected chi connectivity index (χ2v) is 10.5. The van der Waals surface area contributed by atoms with Gasteiger partial charge in [0, 0.05) is 41.6 Å². The molecule has 36 heavy (non-hydrogen) atoms. The number of nitrogens with one attached hydrogen (secondary N) is 2. The highest BCUT2D eigenvalue weighted by Crippen LogP contribution is 2.38. The molecule has 1 saturated heterocycles. The first-order valence-electron chi connectivity index (χ1n) is 11.1. The van der Waals surface area contributed by atoms with E-state index in [2.05, 4.69) is 35.5 Å². The maximum Gasteiger partial charge on any atom is 0.419 e. The SMILES string of the molecule is CC(C)(C)OC(=O)N1CCC[C@@]([Si])(Nc2ncc(C(F)(F)F)c(-c3c[nH]c4nc(C#N)ccc34)n2)C1. The molecule has 2 N–H and O–H groups in total. The van der Waals surface area contributed by atoms with Crippen LogP contribution in [0.2, 0.25) is 0 Å². The van der Waals surface area contributed by atoms with Crippen molar-refractivity contribution in [3.8, 4) is 17.3 Å². The minimum atomic E-state index is -4.71. The first-order chi connectivity index (χ1) is 16.8. The number of alkyl halides is 3. The monoisotopic (exact) mass is 514 g/mol. The van der Waals surface area contributed by atoms with E-state index in [-0.39, 0.29) is 35.1 Å². The molecule has 4 heterocycles. The molecule has 0 unspecified atom stereocenters. The van der Waals surface area contributed by atoms with Crippen molar-refractivity contribution in [1.82, 2.24) is 24.8 Å². The number of nitriles is 1. The zero-order valence-electron chi connectivity index (χ0n) is 19.8. The van der Waals surface area contributed by atoms with E-state index in [1.807, 2.05) is 6.07 Å². The summed E-state index contributed by atoms with van der Waals surface area (Å²) in [4.78, 5) is 29.1. The van der Waals surface area contributed by atoms with Gasteiger partial charge in [0.25, 0.3) is 0 Å². The van der Waals surface area contributed by atoms with Crippen LogP contribution in [-0.2, 0) is 10.9 Å². The fraction of sp³-hybridized carbons (Fsp3) is 0.435. The van der Waals surface area contributed by atoms with Crippen molar-refractivity contribution in [2.45, 2.75) is 50.6 Å². The van der Waals surface area contributed by atoms with Crippen LogP contribution in [-0.4, -0.2) is 65.0 Å². The first-order valence-corrected chi connectivity index (χ1v) is 11.6. The third-order valence-corrected chi connectivity index (χ3v) is 6.03. The minimum Gasteiger partial charge on any atom is -0.444 e. The van der Waals surface area contributed by atoms with E-state index in [0.29, 0.717) is 24.8 Å². The van der Waals surface area contributed by atoms with Crippen molar-refractivity contribution >= 4 is 33.3 Å². The number of nitrogens with zero attached hydrogens (tertiary/aromatic N) is 5. The number of aromatic nitrogens is 4. The number of carbonyl (C=O) groups excluding carboxylic acids is 1. The van der Waals surface area contributed by atoms with Crippen LogP contribution in [0.4, 0.5) is 23.9 Å². The number of aromatic amines is 1. The molecule has 1 aliphatic rings. The van der Waals surface area contributed by atoms with Gasteiger partial charge in [0.1, 0.15) is 28.6 Å². The van der Waals surface area contributed by atoms with Crippen LogP contribution < -0.4 is 5.32 Å². The molecule has 1 atom stereocenters. The summed E-state index contributed by atoms with van der Waals surface area (Å²) in [5, 5.41) is 11.6. The third-order valence-electron chi connectivity index (χ3n) is 5.50. The number of H-pyrrole nitrogens is 1. The van der Waals surface area contributed by atoms with E-state index < -0.39 is 28.6 Å². The highest BCUT2D eigenvalue weighted by Gasteiger charge is 2.38. The second-order valence-electron chi connectivity index (χ2n) is 9.57. The van der Waals surface area contributed by atoms with Crippen molar-refractivity contribution in [2.75, 3.05) is 18.4 Å². The summed E-state index contributed by atoms with van der Waals surface area (Å²) < 4.78 is 47.0. The zero-order chi connectivity index (χ0) is 26.3. The summed E-state index contributed by atoms with van der Waals surface area (Å²) in [5.41, 5.74) is -1.45. The summed E-state index contributed by atoms with van der Waals surface area (Å²) >= 11 is 0. The van der Waals surface area contributed by atoms with Crippen molar-refractivity contribution in [3.05, 3.63) is 35.8 Å². The number of halogens is 3. The van der Waals surface area contributed by atoms with Gasteiger partial charge in [-0.1, -0.05) is 0 Å². The average molecular weight is 515 g/mol. The number of amides is 1. The first kappa shape index (κ1) is 25.4. The maximum atomic E-state index is 13.9.